The number of hydrogen-bond acceptors (Lipinski definition) is 4. The molecule has 6 heteroatoms. The van der Waals surface area contributed by atoms with Gasteiger partial charge >= 0.3 is 0 Å². The van der Waals surface area contributed by atoms with Crippen molar-refractivity contribution in [1.82, 2.24) is 0 Å². The first kappa shape index (κ1) is 21.5. The Balaban J connectivity index is 1.76. The summed E-state index contributed by atoms with van der Waals surface area (Å²) in [6.45, 7) is 7.81. The third-order valence-corrected chi connectivity index (χ3v) is 6.47. The van der Waals surface area contributed by atoms with Crippen LogP contribution in [0.4, 0.5) is 5.69 Å². The summed E-state index contributed by atoms with van der Waals surface area (Å²) in [5.41, 5.74) is 3.38. The molecule has 5 nitrogen and oxygen atoms in total. The number of furan rings is 1. The summed E-state index contributed by atoms with van der Waals surface area (Å²) in [6, 6.07) is 11.5. The monoisotopic (exact) mass is 481 g/mol. The summed E-state index contributed by atoms with van der Waals surface area (Å²) in [5, 5.41) is 11.6. The van der Waals surface area contributed by atoms with Crippen LogP contribution in [0.25, 0.3) is 0 Å². The van der Waals surface area contributed by atoms with Crippen molar-refractivity contribution in [1.29, 1.82) is 0 Å². The van der Waals surface area contributed by atoms with Gasteiger partial charge in [-0.15, -0.1) is 0 Å². The topological polar surface area (TPSA) is 70.8 Å². The van der Waals surface area contributed by atoms with E-state index >= 15 is 0 Å². The molecule has 0 bridgehead atoms. The molecule has 1 amide bonds. The van der Waals surface area contributed by atoms with Gasteiger partial charge in [-0.2, -0.15) is 0 Å². The maximum atomic E-state index is 13.6. The molecule has 0 unspecified atom stereocenters. The highest BCUT2D eigenvalue weighted by atomic mass is 79.9. The molecule has 160 valence electrons. The number of fused-ring (bicyclic) bond motifs is 1. The third-order valence-electron chi connectivity index (χ3n) is 5.98. The number of aliphatic hydroxyl groups is 1. The van der Waals surface area contributed by atoms with E-state index in [1.807, 2.05) is 38.1 Å². The van der Waals surface area contributed by atoms with Crippen LogP contribution in [0, 0.1) is 27.7 Å². The summed E-state index contributed by atoms with van der Waals surface area (Å²) < 4.78 is 6.08. The highest BCUT2D eigenvalue weighted by Crippen LogP contribution is 2.45. The number of ketones is 1. The minimum Gasteiger partial charge on any atom is -0.469 e. The minimum atomic E-state index is -1.94. The molecule has 1 atom stereocenters. The lowest BCUT2D eigenvalue weighted by molar-refractivity contribution is -0.136. The second kappa shape index (κ2) is 7.77. The molecular formula is C25H24BrNO4. The van der Waals surface area contributed by atoms with E-state index in [1.54, 1.807) is 30.9 Å². The fourth-order valence-electron chi connectivity index (χ4n) is 4.30. The summed E-state index contributed by atoms with van der Waals surface area (Å²) in [5.74, 6) is -0.328. The van der Waals surface area contributed by atoms with Crippen LogP contribution in [0.5, 0.6) is 0 Å². The molecule has 1 N–H and O–H groups in total. The molecule has 31 heavy (non-hydrogen) atoms. The Morgan fingerprint density at radius 3 is 2.52 bits per heavy atom. The molecule has 0 saturated heterocycles. The van der Waals surface area contributed by atoms with Crippen LogP contribution in [-0.4, -0.2) is 16.8 Å². The van der Waals surface area contributed by atoms with Crippen molar-refractivity contribution in [3.63, 3.8) is 0 Å². The molecule has 0 radical (unpaired) electrons. The Morgan fingerprint density at radius 1 is 1.10 bits per heavy atom. The van der Waals surface area contributed by atoms with Gasteiger partial charge in [0.25, 0.3) is 5.91 Å². The van der Waals surface area contributed by atoms with Gasteiger partial charge in [0.2, 0.25) is 0 Å². The molecule has 2 aromatic carbocycles. The van der Waals surface area contributed by atoms with E-state index in [0.717, 1.165) is 21.2 Å². The van der Waals surface area contributed by atoms with E-state index in [1.165, 1.54) is 6.26 Å². The smallest absolute Gasteiger partial charge is 0.264 e. The first-order valence-corrected chi connectivity index (χ1v) is 10.9. The molecule has 0 fully saturated rings. The first-order chi connectivity index (χ1) is 14.6. The van der Waals surface area contributed by atoms with Gasteiger partial charge in [-0.3, -0.25) is 9.59 Å². The predicted molar refractivity (Wildman–Crippen MR) is 122 cm³/mol. The van der Waals surface area contributed by atoms with Crippen LogP contribution in [0.3, 0.4) is 0 Å². The van der Waals surface area contributed by atoms with Gasteiger partial charge in [0.15, 0.2) is 11.4 Å². The van der Waals surface area contributed by atoms with E-state index in [4.69, 9.17) is 4.42 Å². The van der Waals surface area contributed by atoms with Crippen LogP contribution in [-0.2, 0) is 16.9 Å². The van der Waals surface area contributed by atoms with E-state index in [9.17, 15) is 14.7 Å². The molecule has 0 aliphatic carbocycles. The lowest BCUT2D eigenvalue weighted by atomic mass is 9.87. The van der Waals surface area contributed by atoms with Crippen molar-refractivity contribution in [2.75, 3.05) is 4.90 Å². The van der Waals surface area contributed by atoms with Crippen molar-refractivity contribution in [2.24, 2.45) is 0 Å². The summed E-state index contributed by atoms with van der Waals surface area (Å²) in [7, 11) is 0. The number of aryl methyl sites for hydroxylation is 4. The number of halogens is 1. The summed E-state index contributed by atoms with van der Waals surface area (Å²) >= 11 is 3.43. The van der Waals surface area contributed by atoms with Gasteiger partial charge in [-0.05, 0) is 62.6 Å². The molecule has 3 aromatic rings. The molecular weight excluding hydrogens is 458 g/mol. The van der Waals surface area contributed by atoms with Gasteiger partial charge < -0.3 is 14.4 Å². The van der Waals surface area contributed by atoms with Gasteiger partial charge in [0, 0.05) is 10.0 Å². The number of nitrogens with zero attached hydrogens (tertiary/aromatic N) is 1. The lowest BCUT2D eigenvalue weighted by Gasteiger charge is -2.23. The van der Waals surface area contributed by atoms with Crippen molar-refractivity contribution in [3.8, 4) is 0 Å². The third kappa shape index (κ3) is 3.64. The second-order valence-corrected chi connectivity index (χ2v) is 9.21. The predicted octanol–water partition coefficient (Wildman–Crippen LogP) is 5.28. The zero-order valence-corrected chi connectivity index (χ0v) is 19.5. The molecule has 0 saturated carbocycles. The normalized spacial score (nSPS) is 17.9. The van der Waals surface area contributed by atoms with Crippen molar-refractivity contribution >= 4 is 33.3 Å². The Kier molecular flexibility index (Phi) is 5.40. The second-order valence-electron chi connectivity index (χ2n) is 8.29. The van der Waals surface area contributed by atoms with Crippen LogP contribution in [0.2, 0.25) is 0 Å². The number of amides is 1. The Morgan fingerprint density at radius 2 is 1.84 bits per heavy atom. The average molecular weight is 482 g/mol. The molecule has 1 aromatic heterocycles. The zero-order valence-electron chi connectivity index (χ0n) is 18.0. The quantitative estimate of drug-likeness (QED) is 0.503. The molecule has 1 aliphatic rings. The highest BCUT2D eigenvalue weighted by Gasteiger charge is 2.51. The fraction of sp³-hybridized carbons (Fsp3) is 0.280. The average Bonchev–Trinajstić information content (AvgIpc) is 3.14. The number of carbonyl (C=O) groups is 2. The van der Waals surface area contributed by atoms with Gasteiger partial charge in [0.1, 0.15) is 5.76 Å². The fourth-order valence-corrected chi connectivity index (χ4v) is 4.66. The number of anilines is 1. The van der Waals surface area contributed by atoms with Crippen molar-refractivity contribution in [2.45, 2.75) is 46.3 Å². The lowest BCUT2D eigenvalue weighted by Crippen LogP contribution is -2.41. The van der Waals surface area contributed by atoms with Gasteiger partial charge in [-0.25, -0.2) is 0 Å². The van der Waals surface area contributed by atoms with Gasteiger partial charge in [-0.1, -0.05) is 39.7 Å². The first-order valence-electron chi connectivity index (χ1n) is 10.1. The van der Waals surface area contributed by atoms with E-state index < -0.39 is 11.5 Å². The molecule has 1 aliphatic heterocycles. The minimum absolute atomic E-state index is 0.320. The number of hydrogen-bond donors (Lipinski definition) is 1. The van der Waals surface area contributed by atoms with E-state index in [0.29, 0.717) is 34.7 Å². The Bertz CT molecular complexity index is 1190. The van der Waals surface area contributed by atoms with Gasteiger partial charge in [0.05, 0.1) is 30.5 Å². The number of rotatable bonds is 5. The van der Waals surface area contributed by atoms with Crippen LogP contribution in [0.1, 0.15) is 50.4 Å². The molecule has 4 rings (SSSR count). The summed E-state index contributed by atoms with van der Waals surface area (Å²) in [6.07, 6.45) is 1.17. The van der Waals surface area contributed by atoms with E-state index in [-0.39, 0.29) is 12.2 Å². The Labute approximate surface area is 189 Å². The maximum absolute atomic E-state index is 13.6. The highest BCUT2D eigenvalue weighted by molar-refractivity contribution is 9.10. The van der Waals surface area contributed by atoms with Crippen LogP contribution < -0.4 is 4.90 Å². The molecule has 0 spiro atoms. The van der Waals surface area contributed by atoms with Crippen LogP contribution >= 0.6 is 15.9 Å². The maximum Gasteiger partial charge on any atom is 0.264 e. The zero-order chi connectivity index (χ0) is 22.5. The van der Waals surface area contributed by atoms with Crippen molar-refractivity contribution in [3.05, 3.63) is 86.3 Å². The largest absolute Gasteiger partial charge is 0.469 e. The molecule has 2 heterocycles. The SMILES string of the molecule is Cc1ccc(C)c(CN2C(=O)[C@](O)(CC(=O)c3c(C)coc3C)c3cc(Br)ccc32)c1. The standard InChI is InChI=1S/C25H24BrNO4/c1-14-5-6-15(2)18(9-14)12-27-21-8-7-19(26)10-20(21)25(30,24(27)29)11-22(28)23-16(3)13-31-17(23)4/h5-10,13,30H,11-12H2,1-4H3/t25-/m0/s1. The Hall–Kier alpha value is -2.70. The van der Waals surface area contributed by atoms with Crippen LogP contribution in [0.15, 0.2) is 51.6 Å². The van der Waals surface area contributed by atoms with E-state index in [2.05, 4.69) is 15.9 Å². The number of benzene rings is 2. The van der Waals surface area contributed by atoms with Crippen molar-refractivity contribution < 1.29 is 19.1 Å². The number of Topliss-reactive ketones (excluding diaryl/α,β-unsaturated/α-hetero) is 1. The number of carbonyl (C=O) groups excluding carboxylic acids is 2. The summed E-state index contributed by atoms with van der Waals surface area (Å²) in [4.78, 5) is 28.2.